The van der Waals surface area contributed by atoms with Gasteiger partial charge in [-0.25, -0.2) is 0 Å². The number of hydrogen-bond donors (Lipinski definition) is 2. The lowest BCUT2D eigenvalue weighted by atomic mass is 10.1. The highest BCUT2D eigenvalue weighted by atomic mass is 32.2. The van der Waals surface area contributed by atoms with E-state index in [-0.39, 0.29) is 16.3 Å². The van der Waals surface area contributed by atoms with E-state index >= 15 is 0 Å². The highest BCUT2D eigenvalue weighted by Crippen LogP contribution is 2.11. The van der Waals surface area contributed by atoms with E-state index in [1.807, 2.05) is 26.0 Å². The number of hydrogen-bond acceptors (Lipinski definition) is 5. The maximum atomic E-state index is 12.3. The van der Waals surface area contributed by atoms with Crippen molar-refractivity contribution in [1.29, 1.82) is 0 Å². The van der Waals surface area contributed by atoms with Crippen LogP contribution in [-0.4, -0.2) is 25.0 Å². The Morgan fingerprint density at radius 1 is 0.958 bits per heavy atom. The SMILES string of the molecule is CC(=N\O)/C(=N/NS(=O)(=O)c1ccc(C)cc1)c1ccc(C)cc1. The molecule has 6 nitrogen and oxygen atoms in total. The number of nitrogens with zero attached hydrogens (tertiary/aromatic N) is 2. The first-order valence-electron chi connectivity index (χ1n) is 7.26. The molecular formula is C17H19N3O3S. The van der Waals surface area contributed by atoms with Crippen LogP contribution in [0, 0.1) is 13.8 Å². The molecule has 7 heteroatoms. The summed E-state index contributed by atoms with van der Waals surface area (Å²) in [5.41, 5.74) is 3.10. The zero-order valence-electron chi connectivity index (χ0n) is 13.7. The third-order valence-corrected chi connectivity index (χ3v) is 4.65. The van der Waals surface area contributed by atoms with Crippen LogP contribution in [0.3, 0.4) is 0 Å². The van der Waals surface area contributed by atoms with Crippen molar-refractivity contribution in [2.24, 2.45) is 10.3 Å². The van der Waals surface area contributed by atoms with Crippen molar-refractivity contribution >= 4 is 21.4 Å². The van der Waals surface area contributed by atoms with Gasteiger partial charge in [0.2, 0.25) is 0 Å². The number of aryl methyl sites for hydroxylation is 2. The van der Waals surface area contributed by atoms with Crippen LogP contribution in [0.2, 0.25) is 0 Å². The van der Waals surface area contributed by atoms with Crippen LogP contribution < -0.4 is 4.83 Å². The number of oxime groups is 1. The summed E-state index contributed by atoms with van der Waals surface area (Å²) < 4.78 is 24.6. The second-order valence-corrected chi connectivity index (χ2v) is 7.08. The summed E-state index contributed by atoms with van der Waals surface area (Å²) in [7, 11) is -3.80. The van der Waals surface area contributed by atoms with Crippen LogP contribution in [0.5, 0.6) is 0 Å². The molecule has 126 valence electrons. The summed E-state index contributed by atoms with van der Waals surface area (Å²) in [5, 5.41) is 16.1. The molecule has 2 rings (SSSR count). The first-order chi connectivity index (χ1) is 11.3. The highest BCUT2D eigenvalue weighted by molar-refractivity contribution is 7.89. The fraction of sp³-hybridized carbons (Fsp3) is 0.176. The standard InChI is InChI=1S/C17H19N3O3S/c1-12-4-8-15(9-5-12)17(14(3)19-21)18-20-24(22,23)16-10-6-13(2)7-11-16/h4-11,20-21H,1-3H3/b18-17-,19-14+. The Kier molecular flexibility index (Phi) is 5.35. The summed E-state index contributed by atoms with van der Waals surface area (Å²) in [6, 6.07) is 13.7. The average Bonchev–Trinajstić information content (AvgIpc) is 2.56. The Bertz CT molecular complexity index is 868. The van der Waals surface area contributed by atoms with E-state index in [9.17, 15) is 8.42 Å². The molecule has 2 N–H and O–H groups in total. The lowest BCUT2D eigenvalue weighted by Crippen LogP contribution is -2.23. The predicted molar refractivity (Wildman–Crippen MR) is 94.1 cm³/mol. The van der Waals surface area contributed by atoms with E-state index in [1.165, 1.54) is 12.1 Å². The van der Waals surface area contributed by atoms with Crippen molar-refractivity contribution in [2.45, 2.75) is 25.7 Å². The van der Waals surface area contributed by atoms with Gasteiger partial charge in [0.25, 0.3) is 10.0 Å². The van der Waals surface area contributed by atoms with Crippen molar-refractivity contribution in [2.75, 3.05) is 0 Å². The molecule has 0 saturated heterocycles. The first-order valence-corrected chi connectivity index (χ1v) is 8.74. The molecule has 0 heterocycles. The van der Waals surface area contributed by atoms with Crippen LogP contribution in [0.15, 0.2) is 63.7 Å². The van der Waals surface area contributed by atoms with Crippen LogP contribution in [0.25, 0.3) is 0 Å². The highest BCUT2D eigenvalue weighted by Gasteiger charge is 2.15. The molecule has 0 saturated carbocycles. The molecule has 0 spiro atoms. The normalized spacial score (nSPS) is 13.0. The lowest BCUT2D eigenvalue weighted by molar-refractivity contribution is 0.320. The average molecular weight is 345 g/mol. The number of hydrazone groups is 1. The van der Waals surface area contributed by atoms with Gasteiger partial charge in [-0.15, -0.1) is 0 Å². The van der Waals surface area contributed by atoms with E-state index < -0.39 is 10.0 Å². The minimum absolute atomic E-state index is 0.110. The van der Waals surface area contributed by atoms with Gasteiger partial charge >= 0.3 is 0 Å². The monoisotopic (exact) mass is 345 g/mol. The summed E-state index contributed by atoms with van der Waals surface area (Å²) in [6.07, 6.45) is 0. The van der Waals surface area contributed by atoms with Crippen molar-refractivity contribution < 1.29 is 13.6 Å². The summed E-state index contributed by atoms with van der Waals surface area (Å²) in [5.74, 6) is 0. The van der Waals surface area contributed by atoms with Crippen LogP contribution in [0.4, 0.5) is 0 Å². The zero-order valence-corrected chi connectivity index (χ0v) is 14.5. The van der Waals surface area contributed by atoms with Gasteiger partial charge in [0.05, 0.1) is 4.90 Å². The maximum absolute atomic E-state index is 12.3. The van der Waals surface area contributed by atoms with Gasteiger partial charge in [0.15, 0.2) is 0 Å². The van der Waals surface area contributed by atoms with Crippen molar-refractivity contribution in [1.82, 2.24) is 4.83 Å². The predicted octanol–water partition coefficient (Wildman–Crippen LogP) is 2.84. The molecule has 0 fully saturated rings. The second kappa shape index (κ2) is 7.27. The maximum Gasteiger partial charge on any atom is 0.276 e. The molecule has 0 unspecified atom stereocenters. The zero-order chi connectivity index (χ0) is 17.7. The van der Waals surface area contributed by atoms with E-state index in [4.69, 9.17) is 5.21 Å². The van der Waals surface area contributed by atoms with Gasteiger partial charge in [-0.1, -0.05) is 52.7 Å². The Labute approximate surface area is 141 Å². The largest absolute Gasteiger partial charge is 0.411 e. The topological polar surface area (TPSA) is 91.1 Å². The number of sulfonamides is 1. The molecule has 0 atom stereocenters. The second-order valence-electron chi connectivity index (χ2n) is 5.42. The minimum atomic E-state index is -3.80. The third-order valence-electron chi connectivity index (χ3n) is 3.43. The summed E-state index contributed by atoms with van der Waals surface area (Å²) >= 11 is 0. The summed E-state index contributed by atoms with van der Waals surface area (Å²) in [4.78, 5) is 2.30. The molecule has 0 bridgehead atoms. The summed E-state index contributed by atoms with van der Waals surface area (Å²) in [6.45, 7) is 5.35. The van der Waals surface area contributed by atoms with Crippen LogP contribution >= 0.6 is 0 Å². The molecule has 0 aliphatic rings. The van der Waals surface area contributed by atoms with Gasteiger partial charge in [-0.3, -0.25) is 0 Å². The molecule has 0 aliphatic carbocycles. The lowest BCUT2D eigenvalue weighted by Gasteiger charge is -2.08. The smallest absolute Gasteiger partial charge is 0.276 e. The Balaban J connectivity index is 2.37. The minimum Gasteiger partial charge on any atom is -0.411 e. The quantitative estimate of drug-likeness (QED) is 0.496. The van der Waals surface area contributed by atoms with E-state index in [0.29, 0.717) is 5.56 Å². The van der Waals surface area contributed by atoms with Crippen LogP contribution in [-0.2, 0) is 10.0 Å². The molecule has 0 amide bonds. The fourth-order valence-corrected chi connectivity index (χ4v) is 2.80. The van der Waals surface area contributed by atoms with Crippen molar-refractivity contribution in [3.05, 3.63) is 65.2 Å². The van der Waals surface area contributed by atoms with Crippen molar-refractivity contribution in [3.8, 4) is 0 Å². The number of nitrogens with one attached hydrogen (secondary N) is 1. The number of rotatable bonds is 5. The van der Waals surface area contributed by atoms with E-state index in [0.717, 1.165) is 11.1 Å². The van der Waals surface area contributed by atoms with E-state index in [1.54, 1.807) is 31.2 Å². The van der Waals surface area contributed by atoms with Gasteiger partial charge in [-0.05, 0) is 32.9 Å². The van der Waals surface area contributed by atoms with Crippen molar-refractivity contribution in [3.63, 3.8) is 0 Å². The molecule has 0 radical (unpaired) electrons. The van der Waals surface area contributed by atoms with E-state index in [2.05, 4.69) is 15.1 Å². The van der Waals surface area contributed by atoms with Gasteiger partial charge in [-0.2, -0.15) is 18.4 Å². The van der Waals surface area contributed by atoms with Crippen LogP contribution in [0.1, 0.15) is 23.6 Å². The molecule has 2 aromatic rings. The first kappa shape index (κ1) is 17.7. The molecule has 24 heavy (non-hydrogen) atoms. The van der Waals surface area contributed by atoms with Gasteiger partial charge in [0.1, 0.15) is 11.4 Å². The van der Waals surface area contributed by atoms with Gasteiger partial charge in [0, 0.05) is 5.56 Å². The Morgan fingerprint density at radius 2 is 1.46 bits per heavy atom. The Hall–Kier alpha value is -2.67. The third kappa shape index (κ3) is 4.20. The fourth-order valence-electron chi connectivity index (χ4n) is 1.99. The molecule has 2 aromatic carbocycles. The molecule has 0 aliphatic heterocycles. The number of benzene rings is 2. The molecule has 0 aromatic heterocycles. The van der Waals surface area contributed by atoms with Gasteiger partial charge < -0.3 is 5.21 Å². The molecular weight excluding hydrogens is 326 g/mol. The Morgan fingerprint density at radius 3 is 1.96 bits per heavy atom.